The predicted molar refractivity (Wildman–Crippen MR) is 97.9 cm³/mol. The Morgan fingerprint density at radius 2 is 2.00 bits per heavy atom. The molecule has 0 saturated carbocycles. The molecule has 134 valence electrons. The summed E-state index contributed by atoms with van der Waals surface area (Å²) in [5.41, 5.74) is 1.80. The Morgan fingerprint density at radius 3 is 2.77 bits per heavy atom. The highest BCUT2D eigenvalue weighted by Gasteiger charge is 2.24. The molecular weight excluding hydrogens is 355 g/mol. The van der Waals surface area contributed by atoms with E-state index in [4.69, 9.17) is 0 Å². The molecule has 1 aromatic carbocycles. The average molecular weight is 372 g/mol. The van der Waals surface area contributed by atoms with E-state index in [0.717, 1.165) is 15.3 Å². The SMILES string of the molecule is O=C(c1cc(CO)ccn1)N1CCN(c2nc3ccc(F)cc3s2)CC1. The van der Waals surface area contributed by atoms with Crippen LogP contribution in [0.25, 0.3) is 10.2 Å². The second kappa shape index (κ2) is 6.97. The first kappa shape index (κ1) is 16.9. The molecular formula is C18H17FN4O2S. The number of pyridine rings is 1. The van der Waals surface area contributed by atoms with E-state index in [1.807, 2.05) is 0 Å². The zero-order chi connectivity index (χ0) is 18.1. The Labute approximate surface area is 153 Å². The van der Waals surface area contributed by atoms with Crippen LogP contribution >= 0.6 is 11.3 Å². The molecule has 8 heteroatoms. The maximum atomic E-state index is 13.3. The fraction of sp³-hybridized carbons (Fsp3) is 0.278. The third kappa shape index (κ3) is 3.25. The van der Waals surface area contributed by atoms with Gasteiger partial charge in [0.1, 0.15) is 11.5 Å². The number of fused-ring (bicyclic) bond motifs is 1. The number of anilines is 1. The highest BCUT2D eigenvalue weighted by molar-refractivity contribution is 7.22. The molecule has 1 fully saturated rings. The van der Waals surface area contributed by atoms with Crippen LogP contribution in [0.3, 0.4) is 0 Å². The Bertz CT molecular complexity index is 953. The highest BCUT2D eigenvalue weighted by atomic mass is 32.1. The number of hydrogen-bond acceptors (Lipinski definition) is 6. The number of aliphatic hydroxyl groups is 1. The van der Waals surface area contributed by atoms with Crippen LogP contribution in [0.1, 0.15) is 16.1 Å². The molecule has 2 aromatic heterocycles. The number of amides is 1. The van der Waals surface area contributed by atoms with Gasteiger partial charge >= 0.3 is 0 Å². The van der Waals surface area contributed by atoms with E-state index in [1.54, 1.807) is 23.1 Å². The summed E-state index contributed by atoms with van der Waals surface area (Å²) in [7, 11) is 0. The molecule has 0 atom stereocenters. The first-order valence-corrected chi connectivity index (χ1v) is 9.12. The smallest absolute Gasteiger partial charge is 0.272 e. The lowest BCUT2D eigenvalue weighted by Gasteiger charge is -2.34. The van der Waals surface area contributed by atoms with Crippen molar-refractivity contribution in [2.24, 2.45) is 0 Å². The molecule has 0 spiro atoms. The standard InChI is InChI=1S/C18H17FN4O2S/c19-13-1-2-14-16(10-13)26-18(21-14)23-7-5-22(6-8-23)17(25)15-9-12(11-24)3-4-20-15/h1-4,9-10,24H,5-8,11H2. The zero-order valence-electron chi connectivity index (χ0n) is 13.9. The van der Waals surface area contributed by atoms with Crippen LogP contribution in [0.15, 0.2) is 36.5 Å². The minimum Gasteiger partial charge on any atom is -0.392 e. The molecule has 1 aliphatic heterocycles. The van der Waals surface area contributed by atoms with Gasteiger partial charge in [-0.25, -0.2) is 9.37 Å². The monoisotopic (exact) mass is 372 g/mol. The van der Waals surface area contributed by atoms with Crippen molar-refractivity contribution in [3.05, 3.63) is 53.6 Å². The van der Waals surface area contributed by atoms with E-state index in [9.17, 15) is 14.3 Å². The second-order valence-corrected chi connectivity index (χ2v) is 7.10. The summed E-state index contributed by atoms with van der Waals surface area (Å²) in [4.78, 5) is 25.1. The largest absolute Gasteiger partial charge is 0.392 e. The third-order valence-electron chi connectivity index (χ3n) is 4.40. The number of hydrogen-bond donors (Lipinski definition) is 1. The number of aliphatic hydroxyl groups excluding tert-OH is 1. The van der Waals surface area contributed by atoms with Gasteiger partial charge in [0, 0.05) is 32.4 Å². The van der Waals surface area contributed by atoms with E-state index in [0.29, 0.717) is 37.4 Å². The van der Waals surface area contributed by atoms with Gasteiger partial charge in [-0.3, -0.25) is 9.78 Å². The summed E-state index contributed by atoms with van der Waals surface area (Å²) in [5.74, 6) is -0.396. The number of aromatic nitrogens is 2. The number of piperazine rings is 1. The second-order valence-electron chi connectivity index (χ2n) is 6.10. The minimum absolute atomic E-state index is 0.116. The minimum atomic E-state index is -0.263. The normalized spacial score (nSPS) is 14.8. The number of carbonyl (C=O) groups is 1. The summed E-state index contributed by atoms with van der Waals surface area (Å²) < 4.78 is 14.2. The molecule has 26 heavy (non-hydrogen) atoms. The van der Waals surface area contributed by atoms with Gasteiger partial charge in [-0.1, -0.05) is 11.3 Å². The van der Waals surface area contributed by atoms with Crippen LogP contribution < -0.4 is 4.90 Å². The van der Waals surface area contributed by atoms with Gasteiger partial charge in [0.2, 0.25) is 0 Å². The summed E-state index contributed by atoms with van der Waals surface area (Å²) in [5, 5.41) is 10.0. The average Bonchev–Trinajstić information content (AvgIpc) is 3.10. The van der Waals surface area contributed by atoms with Crippen LogP contribution in [0, 0.1) is 5.82 Å². The lowest BCUT2D eigenvalue weighted by molar-refractivity contribution is 0.0740. The molecule has 1 amide bonds. The molecule has 0 bridgehead atoms. The quantitative estimate of drug-likeness (QED) is 0.764. The van der Waals surface area contributed by atoms with Gasteiger partial charge in [-0.15, -0.1) is 0 Å². The molecule has 0 aliphatic carbocycles. The van der Waals surface area contributed by atoms with Crippen LogP contribution in [0.5, 0.6) is 0 Å². The molecule has 1 aliphatic rings. The van der Waals surface area contributed by atoms with Crippen LogP contribution in [0.4, 0.5) is 9.52 Å². The first-order valence-electron chi connectivity index (χ1n) is 8.30. The van der Waals surface area contributed by atoms with E-state index in [1.165, 1.54) is 29.7 Å². The fourth-order valence-electron chi connectivity index (χ4n) is 2.97. The maximum Gasteiger partial charge on any atom is 0.272 e. The predicted octanol–water partition coefficient (Wildman–Crippen LogP) is 2.29. The molecule has 6 nitrogen and oxygen atoms in total. The molecule has 3 aromatic rings. The zero-order valence-corrected chi connectivity index (χ0v) is 14.7. The molecule has 3 heterocycles. The summed E-state index contributed by atoms with van der Waals surface area (Å²) in [6.07, 6.45) is 1.54. The molecule has 0 radical (unpaired) electrons. The van der Waals surface area contributed by atoms with E-state index >= 15 is 0 Å². The van der Waals surface area contributed by atoms with E-state index in [-0.39, 0.29) is 18.3 Å². The van der Waals surface area contributed by atoms with Gasteiger partial charge in [0.15, 0.2) is 5.13 Å². The molecule has 4 rings (SSSR count). The van der Waals surface area contributed by atoms with Crippen molar-refractivity contribution in [2.45, 2.75) is 6.61 Å². The highest BCUT2D eigenvalue weighted by Crippen LogP contribution is 2.30. The maximum absolute atomic E-state index is 13.3. The number of nitrogens with zero attached hydrogens (tertiary/aromatic N) is 4. The van der Waals surface area contributed by atoms with Crippen molar-refractivity contribution < 1.29 is 14.3 Å². The fourth-order valence-corrected chi connectivity index (χ4v) is 4.02. The van der Waals surface area contributed by atoms with Gasteiger partial charge in [-0.2, -0.15) is 0 Å². The summed E-state index contributed by atoms with van der Waals surface area (Å²) in [6.45, 7) is 2.33. The number of thiazole rings is 1. The summed E-state index contributed by atoms with van der Waals surface area (Å²) >= 11 is 1.46. The Hall–Kier alpha value is -2.58. The third-order valence-corrected chi connectivity index (χ3v) is 5.48. The lowest BCUT2D eigenvalue weighted by atomic mass is 10.2. The molecule has 1 N–H and O–H groups in total. The Morgan fingerprint density at radius 1 is 1.19 bits per heavy atom. The lowest BCUT2D eigenvalue weighted by Crippen LogP contribution is -2.49. The summed E-state index contributed by atoms with van der Waals surface area (Å²) in [6, 6.07) is 7.90. The number of rotatable bonds is 3. The topological polar surface area (TPSA) is 69.6 Å². The van der Waals surface area contributed by atoms with E-state index < -0.39 is 0 Å². The van der Waals surface area contributed by atoms with Crippen molar-refractivity contribution in [1.82, 2.24) is 14.9 Å². The van der Waals surface area contributed by atoms with Crippen molar-refractivity contribution >= 4 is 32.6 Å². The number of carbonyl (C=O) groups excluding carboxylic acids is 1. The first-order chi connectivity index (χ1) is 12.6. The van der Waals surface area contributed by atoms with Gasteiger partial charge in [-0.05, 0) is 35.9 Å². The van der Waals surface area contributed by atoms with Gasteiger partial charge in [0.25, 0.3) is 5.91 Å². The van der Waals surface area contributed by atoms with Crippen molar-refractivity contribution in [1.29, 1.82) is 0 Å². The van der Waals surface area contributed by atoms with Crippen LogP contribution in [-0.4, -0.2) is 52.1 Å². The Balaban J connectivity index is 1.45. The molecule has 1 saturated heterocycles. The van der Waals surface area contributed by atoms with Crippen molar-refractivity contribution in [2.75, 3.05) is 31.1 Å². The van der Waals surface area contributed by atoms with E-state index in [2.05, 4.69) is 14.9 Å². The van der Waals surface area contributed by atoms with Crippen molar-refractivity contribution in [3.8, 4) is 0 Å². The van der Waals surface area contributed by atoms with Crippen molar-refractivity contribution in [3.63, 3.8) is 0 Å². The van der Waals surface area contributed by atoms with Gasteiger partial charge < -0.3 is 14.9 Å². The van der Waals surface area contributed by atoms with Crippen LogP contribution in [-0.2, 0) is 6.61 Å². The van der Waals surface area contributed by atoms with Gasteiger partial charge in [0.05, 0.1) is 16.8 Å². The number of benzene rings is 1. The number of halogens is 1. The Kier molecular flexibility index (Phi) is 4.52. The van der Waals surface area contributed by atoms with Crippen LogP contribution in [0.2, 0.25) is 0 Å². The molecule has 0 unspecified atom stereocenters.